The van der Waals surface area contributed by atoms with Gasteiger partial charge in [0, 0.05) is 18.0 Å². The molecule has 1 unspecified atom stereocenters. The summed E-state index contributed by atoms with van der Waals surface area (Å²) in [5, 5.41) is 7.70. The lowest BCUT2D eigenvalue weighted by atomic mass is 10.0. The van der Waals surface area contributed by atoms with Crippen molar-refractivity contribution >= 4 is 39.7 Å². The van der Waals surface area contributed by atoms with E-state index in [0.717, 1.165) is 10.8 Å². The lowest BCUT2D eigenvalue weighted by Gasteiger charge is -2.17. The molecule has 0 spiro atoms. The van der Waals surface area contributed by atoms with Crippen LogP contribution >= 0.6 is 12.2 Å². The van der Waals surface area contributed by atoms with Crippen LogP contribution in [0.4, 0.5) is 5.69 Å². The van der Waals surface area contributed by atoms with Gasteiger partial charge < -0.3 is 25.8 Å². The molecule has 0 aliphatic carbocycles. The topological polar surface area (TPSA) is 98.5 Å². The first-order chi connectivity index (χ1) is 12.0. The lowest BCUT2D eigenvalue weighted by molar-refractivity contribution is -0.119. The molecule has 7 nitrogen and oxygen atoms in total. The summed E-state index contributed by atoms with van der Waals surface area (Å²) < 4.78 is 11.3. The van der Waals surface area contributed by atoms with E-state index in [-0.39, 0.29) is 23.0 Å². The number of amides is 1. The molecule has 2 heterocycles. The van der Waals surface area contributed by atoms with Crippen molar-refractivity contribution in [3.63, 3.8) is 0 Å². The first-order valence-corrected chi connectivity index (χ1v) is 8.34. The van der Waals surface area contributed by atoms with E-state index in [0.29, 0.717) is 30.3 Å². The maximum atomic E-state index is 11.5. The first-order valence-electron chi connectivity index (χ1n) is 7.93. The van der Waals surface area contributed by atoms with E-state index in [1.807, 2.05) is 25.1 Å². The third-order valence-corrected chi connectivity index (χ3v) is 4.35. The summed E-state index contributed by atoms with van der Waals surface area (Å²) in [7, 11) is 1.57. The molecule has 3 rings (SSSR count). The van der Waals surface area contributed by atoms with Gasteiger partial charge in [0.15, 0.2) is 5.11 Å². The van der Waals surface area contributed by atoms with E-state index in [1.165, 1.54) is 0 Å². The molecule has 0 saturated carbocycles. The van der Waals surface area contributed by atoms with E-state index in [1.54, 1.807) is 13.3 Å². The zero-order valence-corrected chi connectivity index (χ0v) is 14.9. The van der Waals surface area contributed by atoms with Crippen LogP contribution in [-0.4, -0.2) is 35.8 Å². The van der Waals surface area contributed by atoms with E-state index >= 15 is 0 Å². The summed E-state index contributed by atoms with van der Waals surface area (Å²) in [5.41, 5.74) is 6.23. The molecule has 1 fully saturated rings. The Morgan fingerprint density at radius 1 is 1.52 bits per heavy atom. The molecule has 1 aromatic carbocycles. The first kappa shape index (κ1) is 17.2. The number of methoxy groups -OCH3 is 1. The number of rotatable bonds is 5. The summed E-state index contributed by atoms with van der Waals surface area (Å²) >= 11 is 4.90. The second-order valence-corrected chi connectivity index (χ2v) is 6.49. The van der Waals surface area contributed by atoms with Gasteiger partial charge in [-0.25, -0.2) is 4.98 Å². The SMILES string of the molecule is COc1cc2c(OC[C@H]3NC(=O)CC3C)nccc2cc1NC(N)=S. The van der Waals surface area contributed by atoms with Gasteiger partial charge in [0.05, 0.1) is 18.8 Å². The standard InChI is InChI=1S/C17H20N4O3S/c1-9-5-15(22)20-13(9)8-24-16-11-7-14(23-2)12(21-17(18)25)6-10(11)3-4-19-16/h3-4,6-7,9,13H,5,8H2,1-2H3,(H,20,22)(H3,18,21,25)/t9?,13-/m1/s1. The molecular weight excluding hydrogens is 340 g/mol. The maximum Gasteiger partial charge on any atom is 0.221 e. The maximum absolute atomic E-state index is 11.5. The number of anilines is 1. The Morgan fingerprint density at radius 2 is 2.32 bits per heavy atom. The summed E-state index contributed by atoms with van der Waals surface area (Å²) in [6.45, 7) is 2.40. The van der Waals surface area contributed by atoms with Gasteiger partial charge in [-0.15, -0.1) is 0 Å². The molecule has 0 bridgehead atoms. The Bertz CT molecular complexity index is 827. The van der Waals surface area contributed by atoms with Crippen molar-refractivity contribution in [2.45, 2.75) is 19.4 Å². The molecule has 4 N–H and O–H groups in total. The van der Waals surface area contributed by atoms with Crippen LogP contribution in [0.1, 0.15) is 13.3 Å². The number of ether oxygens (including phenoxy) is 2. The largest absolute Gasteiger partial charge is 0.495 e. The van der Waals surface area contributed by atoms with Gasteiger partial charge in [0.2, 0.25) is 11.8 Å². The molecule has 1 aromatic heterocycles. The fraction of sp³-hybridized carbons (Fsp3) is 0.353. The van der Waals surface area contributed by atoms with Crippen molar-refractivity contribution in [3.8, 4) is 11.6 Å². The Morgan fingerprint density at radius 3 is 2.96 bits per heavy atom. The van der Waals surface area contributed by atoms with Crippen LogP contribution in [0.3, 0.4) is 0 Å². The third-order valence-electron chi connectivity index (χ3n) is 4.25. The number of nitrogens with two attached hydrogens (primary N) is 1. The fourth-order valence-electron chi connectivity index (χ4n) is 2.91. The lowest BCUT2D eigenvalue weighted by Crippen LogP contribution is -2.34. The molecule has 132 valence electrons. The number of benzene rings is 1. The summed E-state index contributed by atoms with van der Waals surface area (Å²) in [4.78, 5) is 15.8. The zero-order valence-electron chi connectivity index (χ0n) is 14.0. The van der Waals surface area contributed by atoms with Crippen molar-refractivity contribution in [1.82, 2.24) is 10.3 Å². The highest BCUT2D eigenvalue weighted by Crippen LogP contribution is 2.34. The van der Waals surface area contributed by atoms with Crippen LogP contribution in [0.25, 0.3) is 10.8 Å². The molecule has 0 radical (unpaired) electrons. The van der Waals surface area contributed by atoms with Gasteiger partial charge >= 0.3 is 0 Å². The molecule has 2 aromatic rings. The Balaban J connectivity index is 1.88. The minimum atomic E-state index is -0.0120. The van der Waals surface area contributed by atoms with Gasteiger partial charge in [-0.05, 0) is 41.7 Å². The molecule has 1 aliphatic heterocycles. The van der Waals surface area contributed by atoms with Crippen LogP contribution in [0.5, 0.6) is 11.6 Å². The fourth-order valence-corrected chi connectivity index (χ4v) is 3.02. The average molecular weight is 360 g/mol. The predicted octanol–water partition coefficient (Wildman–Crippen LogP) is 1.80. The van der Waals surface area contributed by atoms with Crippen LogP contribution < -0.4 is 25.8 Å². The second-order valence-electron chi connectivity index (χ2n) is 6.05. The number of fused-ring (bicyclic) bond motifs is 1. The smallest absolute Gasteiger partial charge is 0.221 e. The predicted molar refractivity (Wildman–Crippen MR) is 99.9 cm³/mol. The van der Waals surface area contributed by atoms with Crippen LogP contribution in [0, 0.1) is 5.92 Å². The molecule has 25 heavy (non-hydrogen) atoms. The monoisotopic (exact) mass is 360 g/mol. The number of carbonyl (C=O) groups is 1. The van der Waals surface area contributed by atoms with E-state index in [9.17, 15) is 4.79 Å². The molecule has 1 aliphatic rings. The number of pyridine rings is 1. The normalized spacial score (nSPS) is 19.5. The number of aromatic nitrogens is 1. The highest BCUT2D eigenvalue weighted by molar-refractivity contribution is 7.80. The quantitative estimate of drug-likeness (QED) is 0.699. The Labute approximate surface area is 150 Å². The Kier molecular flexibility index (Phi) is 4.89. The number of thiocarbonyl (C=S) groups is 1. The average Bonchev–Trinajstić information content (AvgIpc) is 2.89. The Hall–Kier alpha value is -2.61. The number of hydrogen-bond acceptors (Lipinski definition) is 5. The van der Waals surface area contributed by atoms with Crippen molar-refractivity contribution in [2.75, 3.05) is 19.0 Å². The minimum Gasteiger partial charge on any atom is -0.495 e. The van der Waals surface area contributed by atoms with Gasteiger partial charge in [-0.1, -0.05) is 6.92 Å². The molecule has 8 heteroatoms. The minimum absolute atomic E-state index is 0.0120. The summed E-state index contributed by atoms with van der Waals surface area (Å²) in [5.74, 6) is 1.37. The van der Waals surface area contributed by atoms with Crippen LogP contribution in [-0.2, 0) is 4.79 Å². The third kappa shape index (κ3) is 3.74. The molecule has 1 saturated heterocycles. The van der Waals surface area contributed by atoms with Crippen molar-refractivity contribution in [1.29, 1.82) is 0 Å². The van der Waals surface area contributed by atoms with E-state index in [4.69, 9.17) is 27.4 Å². The van der Waals surface area contributed by atoms with Gasteiger partial charge in [-0.3, -0.25) is 4.79 Å². The van der Waals surface area contributed by atoms with Crippen LogP contribution in [0.2, 0.25) is 0 Å². The molecular formula is C17H20N4O3S. The number of hydrogen-bond donors (Lipinski definition) is 3. The van der Waals surface area contributed by atoms with Gasteiger partial charge in [0.1, 0.15) is 12.4 Å². The highest BCUT2D eigenvalue weighted by Gasteiger charge is 2.29. The van der Waals surface area contributed by atoms with Crippen LogP contribution in [0.15, 0.2) is 24.4 Å². The number of carbonyl (C=O) groups excluding carboxylic acids is 1. The molecule has 1 amide bonds. The van der Waals surface area contributed by atoms with Gasteiger partial charge in [0.25, 0.3) is 0 Å². The van der Waals surface area contributed by atoms with Crippen molar-refractivity contribution < 1.29 is 14.3 Å². The molecule has 2 atom stereocenters. The van der Waals surface area contributed by atoms with E-state index < -0.39 is 0 Å². The zero-order chi connectivity index (χ0) is 18.0. The van der Waals surface area contributed by atoms with Crippen molar-refractivity contribution in [2.24, 2.45) is 11.7 Å². The van der Waals surface area contributed by atoms with Gasteiger partial charge in [-0.2, -0.15) is 0 Å². The highest BCUT2D eigenvalue weighted by atomic mass is 32.1. The second kappa shape index (κ2) is 7.10. The van der Waals surface area contributed by atoms with Crippen molar-refractivity contribution in [3.05, 3.63) is 24.4 Å². The number of nitrogens with zero attached hydrogens (tertiary/aromatic N) is 1. The summed E-state index contributed by atoms with van der Waals surface area (Å²) in [6, 6.07) is 5.56. The summed E-state index contributed by atoms with van der Waals surface area (Å²) in [6.07, 6.45) is 2.20. The van der Waals surface area contributed by atoms with E-state index in [2.05, 4.69) is 15.6 Å². The number of nitrogens with one attached hydrogen (secondary N) is 2.